The first-order valence-electron chi connectivity index (χ1n) is 22.2. The van der Waals surface area contributed by atoms with Gasteiger partial charge in [0.05, 0.1) is 17.1 Å². The molecule has 0 saturated heterocycles. The molecular weight excluding hydrogens is 735 g/mol. The van der Waals surface area contributed by atoms with Crippen LogP contribution in [-0.4, -0.2) is 0 Å². The molecule has 1 nitrogen and oxygen atoms in total. The van der Waals surface area contributed by atoms with Gasteiger partial charge in [0.25, 0.3) is 0 Å². The molecule has 3 aliphatic carbocycles. The van der Waals surface area contributed by atoms with Gasteiger partial charge in [-0.1, -0.05) is 194 Å². The Kier molecular flexibility index (Phi) is 8.63. The normalized spacial score (nSPS) is 19.8. The maximum atomic E-state index is 2.56. The Morgan fingerprint density at radius 3 is 1.44 bits per heavy atom. The maximum Gasteiger partial charge on any atom is 0.0540 e. The number of anilines is 3. The lowest BCUT2D eigenvalue weighted by molar-refractivity contribution is -0.0824. The van der Waals surface area contributed by atoms with E-state index in [0.717, 1.165) is 29.1 Å². The first-order valence-corrected chi connectivity index (χ1v) is 22.2. The van der Waals surface area contributed by atoms with E-state index >= 15 is 0 Å². The second-order valence-corrected chi connectivity index (χ2v) is 17.6. The molecular formula is C60H47N. The second kappa shape index (κ2) is 14.6. The molecule has 0 aromatic heterocycles. The summed E-state index contributed by atoms with van der Waals surface area (Å²) < 4.78 is 0. The molecule has 2 unspecified atom stereocenters. The van der Waals surface area contributed by atoms with E-state index in [1.807, 2.05) is 0 Å². The Hall–Kier alpha value is -6.96. The van der Waals surface area contributed by atoms with Gasteiger partial charge < -0.3 is 4.90 Å². The molecule has 61 heavy (non-hydrogen) atoms. The third kappa shape index (κ3) is 5.75. The molecule has 12 rings (SSSR count). The van der Waals surface area contributed by atoms with Crippen LogP contribution in [0.25, 0.3) is 66.4 Å². The lowest BCUT2D eigenvalue weighted by atomic mass is 9.38. The van der Waals surface area contributed by atoms with E-state index in [1.54, 1.807) is 5.56 Å². The van der Waals surface area contributed by atoms with Crippen LogP contribution in [0.2, 0.25) is 0 Å². The van der Waals surface area contributed by atoms with Gasteiger partial charge >= 0.3 is 0 Å². The highest BCUT2D eigenvalue weighted by Gasteiger charge is 2.70. The third-order valence-corrected chi connectivity index (χ3v) is 14.7. The largest absolute Gasteiger partial charge is 0.309 e. The zero-order valence-electron chi connectivity index (χ0n) is 34.3. The quantitative estimate of drug-likeness (QED) is 0.141. The summed E-state index contributed by atoms with van der Waals surface area (Å²) >= 11 is 0. The van der Waals surface area contributed by atoms with Gasteiger partial charge in [-0.25, -0.2) is 0 Å². The van der Waals surface area contributed by atoms with Gasteiger partial charge in [-0.3, -0.25) is 0 Å². The predicted molar refractivity (Wildman–Crippen MR) is 256 cm³/mol. The van der Waals surface area contributed by atoms with Crippen LogP contribution in [0.15, 0.2) is 218 Å². The Balaban J connectivity index is 1.11. The topological polar surface area (TPSA) is 3.24 Å². The Morgan fingerprint density at radius 2 is 0.787 bits per heavy atom. The minimum absolute atomic E-state index is 0.344. The van der Waals surface area contributed by atoms with Crippen molar-refractivity contribution in [1.29, 1.82) is 0 Å². The van der Waals surface area contributed by atoms with E-state index in [2.05, 4.69) is 223 Å². The summed E-state index contributed by atoms with van der Waals surface area (Å²) in [4.78, 5) is 2.56. The van der Waals surface area contributed by atoms with E-state index < -0.39 is 0 Å². The Labute approximate surface area is 359 Å². The van der Waals surface area contributed by atoms with Gasteiger partial charge in [0.15, 0.2) is 0 Å². The zero-order chi connectivity index (χ0) is 40.3. The highest BCUT2D eigenvalue weighted by molar-refractivity contribution is 6.05. The van der Waals surface area contributed by atoms with Gasteiger partial charge in [0, 0.05) is 22.1 Å². The average Bonchev–Trinajstić information content (AvgIpc) is 3.46. The molecule has 0 N–H and O–H groups in total. The summed E-state index contributed by atoms with van der Waals surface area (Å²) in [6, 6.07) is 81.0. The Morgan fingerprint density at radius 1 is 0.328 bits per heavy atom. The van der Waals surface area contributed by atoms with Crippen LogP contribution in [0.5, 0.6) is 0 Å². The molecule has 3 aliphatic rings. The lowest BCUT2D eigenvalue weighted by Gasteiger charge is -2.65. The number of hydrogen-bond acceptors (Lipinski definition) is 1. The fourth-order valence-electron chi connectivity index (χ4n) is 12.0. The molecule has 9 aromatic rings. The number of hydrogen-bond donors (Lipinski definition) is 0. The fourth-order valence-corrected chi connectivity index (χ4v) is 12.0. The third-order valence-electron chi connectivity index (χ3n) is 14.7. The van der Waals surface area contributed by atoms with Crippen molar-refractivity contribution in [2.75, 3.05) is 4.90 Å². The number of para-hydroxylation sites is 2. The van der Waals surface area contributed by atoms with Gasteiger partial charge in [0.2, 0.25) is 0 Å². The molecule has 0 radical (unpaired) electrons. The smallest absolute Gasteiger partial charge is 0.0540 e. The standard InChI is InChI=1S/C60H47N/c1-4-16-41(17-5-1)43-30-32-45(33-31-43)51-24-10-12-28-56(51)61(58-37-34-47(42-18-6-2-7-19-42)38-54(58)44-20-8-3-9-21-44)57-29-13-11-25-52(57)53-26-14-22-46-23-15-27-55(59(46)53)60-48-35-36-49(60)40-50(60)39-48/h1-34,37-38,48-50H,35-36,39-40H2. The number of fused-ring (bicyclic) bond motifs is 1. The summed E-state index contributed by atoms with van der Waals surface area (Å²) in [5.74, 6) is 2.46. The number of nitrogens with zero attached hydrogens (tertiary/aromatic N) is 1. The van der Waals surface area contributed by atoms with Gasteiger partial charge in [-0.05, 0) is 123 Å². The monoisotopic (exact) mass is 781 g/mol. The van der Waals surface area contributed by atoms with Crippen LogP contribution >= 0.6 is 0 Å². The van der Waals surface area contributed by atoms with E-state index in [4.69, 9.17) is 0 Å². The van der Waals surface area contributed by atoms with Gasteiger partial charge in [-0.15, -0.1) is 0 Å². The van der Waals surface area contributed by atoms with Gasteiger partial charge in [0.1, 0.15) is 0 Å². The van der Waals surface area contributed by atoms with Crippen LogP contribution in [0.1, 0.15) is 31.2 Å². The molecule has 0 bridgehead atoms. The van der Waals surface area contributed by atoms with Crippen LogP contribution in [0.4, 0.5) is 17.1 Å². The molecule has 3 fully saturated rings. The molecule has 0 aliphatic heterocycles. The first-order chi connectivity index (χ1) is 30.3. The van der Waals surface area contributed by atoms with Crippen LogP contribution in [0.3, 0.4) is 0 Å². The first kappa shape index (κ1) is 35.9. The number of benzene rings is 9. The van der Waals surface area contributed by atoms with Crippen molar-refractivity contribution in [3.8, 4) is 55.6 Å². The van der Waals surface area contributed by atoms with E-state index in [9.17, 15) is 0 Å². The van der Waals surface area contributed by atoms with E-state index in [0.29, 0.717) is 5.41 Å². The summed E-state index contributed by atoms with van der Waals surface area (Å²) in [6.45, 7) is 0. The summed E-state index contributed by atoms with van der Waals surface area (Å²) in [6.07, 6.45) is 5.58. The summed E-state index contributed by atoms with van der Waals surface area (Å²) in [5, 5.41) is 2.80. The van der Waals surface area contributed by atoms with Crippen molar-refractivity contribution in [2.45, 2.75) is 31.1 Å². The van der Waals surface area contributed by atoms with Crippen LogP contribution in [-0.2, 0) is 5.41 Å². The van der Waals surface area contributed by atoms with Crippen molar-refractivity contribution < 1.29 is 0 Å². The van der Waals surface area contributed by atoms with Gasteiger partial charge in [-0.2, -0.15) is 0 Å². The van der Waals surface area contributed by atoms with Crippen molar-refractivity contribution >= 4 is 27.8 Å². The minimum Gasteiger partial charge on any atom is -0.309 e. The van der Waals surface area contributed by atoms with Crippen molar-refractivity contribution in [3.05, 3.63) is 224 Å². The summed E-state index contributed by atoms with van der Waals surface area (Å²) in [7, 11) is 0. The van der Waals surface area contributed by atoms with Crippen LogP contribution in [0, 0.1) is 17.8 Å². The molecule has 0 heterocycles. The molecule has 1 heteroatoms. The average molecular weight is 782 g/mol. The molecule has 3 saturated carbocycles. The minimum atomic E-state index is 0.344. The lowest BCUT2D eigenvalue weighted by Crippen LogP contribution is -2.61. The summed E-state index contributed by atoms with van der Waals surface area (Å²) in [5.41, 5.74) is 17.6. The predicted octanol–water partition coefficient (Wildman–Crippen LogP) is 16.3. The number of rotatable bonds is 9. The molecule has 9 aromatic carbocycles. The second-order valence-electron chi connectivity index (χ2n) is 17.6. The fraction of sp³-hybridized carbons (Fsp3) is 0.133. The Bertz CT molecular complexity index is 3020. The van der Waals surface area contributed by atoms with Crippen molar-refractivity contribution in [1.82, 2.24) is 0 Å². The highest BCUT2D eigenvalue weighted by atomic mass is 15.1. The molecule has 0 spiro atoms. The van der Waals surface area contributed by atoms with Crippen molar-refractivity contribution in [3.63, 3.8) is 0 Å². The van der Waals surface area contributed by atoms with E-state index in [-0.39, 0.29) is 0 Å². The zero-order valence-corrected chi connectivity index (χ0v) is 34.3. The maximum absolute atomic E-state index is 2.56. The molecule has 0 amide bonds. The highest BCUT2D eigenvalue weighted by Crippen LogP contribution is 2.75. The van der Waals surface area contributed by atoms with Crippen LogP contribution < -0.4 is 4.90 Å². The molecule has 2 atom stereocenters. The molecule has 292 valence electrons. The van der Waals surface area contributed by atoms with Crippen molar-refractivity contribution in [2.24, 2.45) is 17.8 Å². The van der Waals surface area contributed by atoms with E-state index in [1.165, 1.54) is 97.8 Å². The SMILES string of the molecule is c1ccc(-c2ccc(-c3ccccc3N(c3ccc(-c4ccccc4)cc3-c3ccccc3)c3ccccc3-c3cccc4cccc(C56C7CCC5CC6C7)c34)cc2)cc1.